The molecule has 4 heteroatoms. The fourth-order valence-electron chi connectivity index (χ4n) is 2.74. The predicted octanol–water partition coefficient (Wildman–Crippen LogP) is 4.59. The second-order valence-electron chi connectivity index (χ2n) is 5.71. The quantitative estimate of drug-likeness (QED) is 0.452. The Morgan fingerprint density at radius 1 is 1.18 bits per heavy atom. The number of rotatable bonds is 5. The first-order valence-electron chi connectivity index (χ1n) is 7.70. The molecule has 0 bridgehead atoms. The van der Waals surface area contributed by atoms with Gasteiger partial charge in [0.05, 0.1) is 0 Å². The molecular formula is C18H21ClO3. The summed E-state index contributed by atoms with van der Waals surface area (Å²) in [5.74, 6) is -0.0718. The lowest BCUT2D eigenvalue weighted by atomic mass is 9.87. The summed E-state index contributed by atoms with van der Waals surface area (Å²) < 4.78 is 5.06. The highest BCUT2D eigenvalue weighted by molar-refractivity contribution is 6.30. The number of hydrogen-bond donors (Lipinski definition) is 0. The van der Waals surface area contributed by atoms with Crippen molar-refractivity contribution in [3.8, 4) is 0 Å². The summed E-state index contributed by atoms with van der Waals surface area (Å²) in [6.07, 6.45) is 7.83. The summed E-state index contributed by atoms with van der Waals surface area (Å²) in [6.45, 7) is 1.39. The van der Waals surface area contributed by atoms with Gasteiger partial charge in [-0.15, -0.1) is 0 Å². The lowest BCUT2D eigenvalue weighted by Crippen LogP contribution is -2.14. The molecule has 0 aromatic heterocycles. The van der Waals surface area contributed by atoms with Gasteiger partial charge >= 0.3 is 5.97 Å². The summed E-state index contributed by atoms with van der Waals surface area (Å²) in [4.78, 5) is 23.7. The fourth-order valence-corrected chi connectivity index (χ4v) is 2.87. The summed E-state index contributed by atoms with van der Waals surface area (Å²) in [6, 6.07) is 6.79. The number of ketones is 1. The highest BCUT2D eigenvalue weighted by atomic mass is 35.5. The van der Waals surface area contributed by atoms with Gasteiger partial charge in [0, 0.05) is 23.1 Å². The van der Waals surface area contributed by atoms with Crippen LogP contribution in [0.25, 0.3) is 0 Å². The molecule has 2 rings (SSSR count). The Kier molecular flexibility index (Phi) is 6.20. The average Bonchev–Trinajstić information content (AvgIpc) is 2.52. The molecule has 22 heavy (non-hydrogen) atoms. The van der Waals surface area contributed by atoms with Crippen LogP contribution < -0.4 is 0 Å². The zero-order chi connectivity index (χ0) is 15.9. The molecule has 0 amide bonds. The highest BCUT2D eigenvalue weighted by Gasteiger charge is 2.18. The van der Waals surface area contributed by atoms with E-state index in [0.29, 0.717) is 22.1 Å². The summed E-state index contributed by atoms with van der Waals surface area (Å²) in [7, 11) is 0. The maximum Gasteiger partial charge on any atom is 0.302 e. The van der Waals surface area contributed by atoms with Crippen molar-refractivity contribution in [1.29, 1.82) is 0 Å². The predicted molar refractivity (Wildman–Crippen MR) is 87.1 cm³/mol. The zero-order valence-corrected chi connectivity index (χ0v) is 13.6. The van der Waals surface area contributed by atoms with Crippen LogP contribution in [0.15, 0.2) is 35.9 Å². The number of carbonyl (C=O) groups is 2. The van der Waals surface area contributed by atoms with Crippen molar-refractivity contribution in [2.45, 2.75) is 39.0 Å². The van der Waals surface area contributed by atoms with E-state index in [1.807, 2.05) is 6.08 Å². The van der Waals surface area contributed by atoms with E-state index in [9.17, 15) is 9.59 Å². The van der Waals surface area contributed by atoms with Crippen LogP contribution in [0.1, 0.15) is 49.4 Å². The topological polar surface area (TPSA) is 43.4 Å². The van der Waals surface area contributed by atoms with E-state index in [1.165, 1.54) is 26.2 Å². The number of carbonyl (C=O) groups excluding carboxylic acids is 2. The molecule has 3 nitrogen and oxygen atoms in total. The van der Waals surface area contributed by atoms with Crippen LogP contribution in [0.4, 0.5) is 0 Å². The number of hydrogen-bond acceptors (Lipinski definition) is 3. The minimum absolute atomic E-state index is 0.0350. The van der Waals surface area contributed by atoms with E-state index >= 15 is 0 Å². The van der Waals surface area contributed by atoms with Crippen molar-refractivity contribution in [2.24, 2.45) is 5.92 Å². The van der Waals surface area contributed by atoms with Gasteiger partial charge in [-0.25, -0.2) is 0 Å². The summed E-state index contributed by atoms with van der Waals surface area (Å²) in [5, 5.41) is 0.592. The van der Waals surface area contributed by atoms with Crippen LogP contribution >= 0.6 is 11.6 Å². The second kappa shape index (κ2) is 8.14. The van der Waals surface area contributed by atoms with Gasteiger partial charge in [-0.2, -0.15) is 0 Å². The Morgan fingerprint density at radius 2 is 1.82 bits per heavy atom. The van der Waals surface area contributed by atoms with Gasteiger partial charge in [-0.3, -0.25) is 9.59 Å². The molecule has 1 aromatic rings. The summed E-state index contributed by atoms with van der Waals surface area (Å²) >= 11 is 5.86. The van der Waals surface area contributed by atoms with Crippen molar-refractivity contribution < 1.29 is 14.3 Å². The molecule has 0 aliphatic heterocycles. The van der Waals surface area contributed by atoms with E-state index < -0.39 is 0 Å². The lowest BCUT2D eigenvalue weighted by Gasteiger charge is -2.19. The number of ether oxygens (including phenoxy) is 1. The molecule has 1 fully saturated rings. The molecule has 0 atom stereocenters. The Balaban J connectivity index is 2.18. The molecule has 1 aliphatic rings. The molecular weight excluding hydrogens is 300 g/mol. The molecule has 0 saturated heterocycles. The van der Waals surface area contributed by atoms with Gasteiger partial charge in [0.15, 0.2) is 5.78 Å². The Hall–Kier alpha value is -1.61. The van der Waals surface area contributed by atoms with E-state index in [1.54, 1.807) is 24.3 Å². The van der Waals surface area contributed by atoms with Crippen molar-refractivity contribution in [3.63, 3.8) is 0 Å². The minimum Gasteiger partial charge on any atom is -0.461 e. The molecule has 0 unspecified atom stereocenters. The van der Waals surface area contributed by atoms with Crippen molar-refractivity contribution >= 4 is 23.4 Å². The Morgan fingerprint density at radius 3 is 2.41 bits per heavy atom. The van der Waals surface area contributed by atoms with Crippen molar-refractivity contribution in [3.05, 3.63) is 46.5 Å². The molecule has 1 aromatic carbocycles. The number of esters is 1. The lowest BCUT2D eigenvalue weighted by molar-refractivity contribution is -0.139. The average molecular weight is 321 g/mol. The third-order valence-electron chi connectivity index (χ3n) is 3.92. The number of halogens is 1. The first-order valence-corrected chi connectivity index (χ1v) is 8.08. The van der Waals surface area contributed by atoms with E-state index in [0.717, 1.165) is 12.8 Å². The van der Waals surface area contributed by atoms with Gasteiger partial charge < -0.3 is 4.74 Å². The van der Waals surface area contributed by atoms with Gasteiger partial charge in [-0.1, -0.05) is 36.9 Å². The Labute approximate surface area is 136 Å². The van der Waals surface area contributed by atoms with Gasteiger partial charge in [0.2, 0.25) is 0 Å². The molecule has 118 valence electrons. The molecule has 0 spiro atoms. The first-order chi connectivity index (χ1) is 10.6. The molecule has 0 heterocycles. The standard InChI is InChI=1S/C18H21ClO3/c1-13(20)22-12-16(11-14-5-3-2-4-6-14)18(21)15-7-9-17(19)10-8-15/h7-11,14H,2-6,12H2,1H3/b16-11+. The van der Waals surface area contributed by atoms with Crippen LogP contribution in [0.3, 0.4) is 0 Å². The van der Waals surface area contributed by atoms with Crippen molar-refractivity contribution in [1.82, 2.24) is 0 Å². The third-order valence-corrected chi connectivity index (χ3v) is 4.17. The SMILES string of the molecule is CC(=O)OC/C(=C\C1CCCCC1)C(=O)c1ccc(Cl)cc1. The van der Waals surface area contributed by atoms with Crippen LogP contribution in [-0.4, -0.2) is 18.4 Å². The molecule has 1 saturated carbocycles. The number of benzene rings is 1. The van der Waals surface area contributed by atoms with E-state index in [2.05, 4.69) is 0 Å². The van der Waals surface area contributed by atoms with Crippen molar-refractivity contribution in [2.75, 3.05) is 6.61 Å². The molecule has 0 radical (unpaired) electrons. The molecule has 1 aliphatic carbocycles. The summed E-state index contributed by atoms with van der Waals surface area (Å²) in [5.41, 5.74) is 1.13. The smallest absolute Gasteiger partial charge is 0.302 e. The van der Waals surface area contributed by atoms with Crippen LogP contribution in [0.5, 0.6) is 0 Å². The monoisotopic (exact) mass is 320 g/mol. The second-order valence-corrected chi connectivity index (χ2v) is 6.14. The van der Waals surface area contributed by atoms with E-state index in [4.69, 9.17) is 16.3 Å². The van der Waals surface area contributed by atoms with Gasteiger partial charge in [0.25, 0.3) is 0 Å². The minimum atomic E-state index is -0.376. The maximum atomic E-state index is 12.6. The first kappa shape index (κ1) is 16.8. The van der Waals surface area contributed by atoms with E-state index in [-0.39, 0.29) is 18.4 Å². The normalized spacial score (nSPS) is 16.4. The number of Topliss-reactive ketones (excluding diaryl/α,β-unsaturated/α-hetero) is 1. The Bertz CT molecular complexity index is 554. The molecule has 0 N–H and O–H groups in total. The highest BCUT2D eigenvalue weighted by Crippen LogP contribution is 2.26. The van der Waals surface area contributed by atoms with Gasteiger partial charge in [0.1, 0.15) is 6.61 Å². The van der Waals surface area contributed by atoms with Crippen LogP contribution in [0, 0.1) is 5.92 Å². The largest absolute Gasteiger partial charge is 0.461 e. The number of allylic oxidation sites excluding steroid dienone is 1. The maximum absolute atomic E-state index is 12.6. The van der Waals surface area contributed by atoms with Crippen LogP contribution in [-0.2, 0) is 9.53 Å². The fraction of sp³-hybridized carbons (Fsp3) is 0.444. The third kappa shape index (κ3) is 4.99. The zero-order valence-electron chi connectivity index (χ0n) is 12.8. The van der Waals surface area contributed by atoms with Crippen LogP contribution in [0.2, 0.25) is 5.02 Å². The van der Waals surface area contributed by atoms with Gasteiger partial charge in [-0.05, 0) is 43.0 Å².